The summed E-state index contributed by atoms with van der Waals surface area (Å²) in [6, 6.07) is 40.0. The Morgan fingerprint density at radius 3 is 2.05 bits per heavy atom. The van der Waals surface area contributed by atoms with Crippen molar-refractivity contribution >= 4 is 17.4 Å². The van der Waals surface area contributed by atoms with Crippen molar-refractivity contribution in [2.24, 2.45) is 5.16 Å². The Morgan fingerprint density at radius 2 is 1.44 bits per heavy atom. The zero-order chi connectivity index (χ0) is 28.6. The molecule has 0 fully saturated rings. The molecule has 0 spiro atoms. The SMILES string of the molecule is CC(=NOCC(=O)Nc1c(C#N)c(-c2ccccc2)c(-c2ccccc2)n1Cc1ccccc1)c1ccc(C)cc1. The third kappa shape index (κ3) is 6.26. The monoisotopic (exact) mass is 538 g/mol. The fourth-order valence-electron chi connectivity index (χ4n) is 4.77. The van der Waals surface area contributed by atoms with Crippen LogP contribution in [0, 0.1) is 18.3 Å². The maximum Gasteiger partial charge on any atom is 0.266 e. The fraction of sp³-hybridized carbons (Fsp3) is 0.114. The van der Waals surface area contributed by atoms with E-state index in [0.29, 0.717) is 23.6 Å². The number of hydrogen-bond donors (Lipinski definition) is 1. The number of nitriles is 1. The quantitative estimate of drug-likeness (QED) is 0.157. The van der Waals surface area contributed by atoms with Crippen molar-refractivity contribution in [3.8, 4) is 28.5 Å². The number of rotatable bonds is 9. The highest BCUT2D eigenvalue weighted by Gasteiger charge is 2.26. The molecule has 6 nitrogen and oxygen atoms in total. The van der Waals surface area contributed by atoms with E-state index in [4.69, 9.17) is 4.84 Å². The van der Waals surface area contributed by atoms with Gasteiger partial charge in [0, 0.05) is 12.1 Å². The lowest BCUT2D eigenvalue weighted by atomic mass is 9.98. The largest absolute Gasteiger partial charge is 0.385 e. The van der Waals surface area contributed by atoms with Gasteiger partial charge in [0.05, 0.1) is 11.4 Å². The number of oxime groups is 1. The van der Waals surface area contributed by atoms with Crippen LogP contribution in [0.5, 0.6) is 0 Å². The zero-order valence-electron chi connectivity index (χ0n) is 23.0. The van der Waals surface area contributed by atoms with E-state index in [1.807, 2.05) is 134 Å². The van der Waals surface area contributed by atoms with E-state index in [2.05, 4.69) is 16.5 Å². The van der Waals surface area contributed by atoms with Gasteiger partial charge < -0.3 is 14.7 Å². The molecule has 1 aromatic heterocycles. The van der Waals surface area contributed by atoms with Gasteiger partial charge in [0.2, 0.25) is 0 Å². The summed E-state index contributed by atoms with van der Waals surface area (Å²) in [6.07, 6.45) is 0. The summed E-state index contributed by atoms with van der Waals surface area (Å²) in [6.45, 7) is 4.01. The fourth-order valence-corrected chi connectivity index (χ4v) is 4.77. The second kappa shape index (κ2) is 12.6. The maximum atomic E-state index is 13.2. The van der Waals surface area contributed by atoms with E-state index in [0.717, 1.165) is 39.1 Å². The lowest BCUT2D eigenvalue weighted by Gasteiger charge is -2.15. The molecule has 0 unspecified atom stereocenters. The minimum Gasteiger partial charge on any atom is -0.385 e. The van der Waals surface area contributed by atoms with Crippen molar-refractivity contribution in [2.75, 3.05) is 11.9 Å². The summed E-state index contributed by atoms with van der Waals surface area (Å²) in [5.74, 6) is 0.00915. The van der Waals surface area contributed by atoms with Gasteiger partial charge in [-0.2, -0.15) is 5.26 Å². The zero-order valence-corrected chi connectivity index (χ0v) is 23.0. The molecule has 6 heteroatoms. The molecule has 0 aliphatic rings. The highest BCUT2D eigenvalue weighted by Crippen LogP contribution is 2.42. The Kier molecular flexibility index (Phi) is 8.37. The first kappa shape index (κ1) is 27.2. The molecule has 0 aliphatic carbocycles. The highest BCUT2D eigenvalue weighted by molar-refractivity contribution is 5.99. The van der Waals surface area contributed by atoms with Crippen LogP contribution in [0.3, 0.4) is 0 Å². The molecule has 1 heterocycles. The summed E-state index contributed by atoms with van der Waals surface area (Å²) >= 11 is 0. The molecule has 0 radical (unpaired) electrons. The van der Waals surface area contributed by atoms with Gasteiger partial charge in [0.25, 0.3) is 5.91 Å². The normalized spacial score (nSPS) is 11.1. The van der Waals surface area contributed by atoms with Crippen LogP contribution in [0.15, 0.2) is 120 Å². The Balaban J connectivity index is 1.54. The van der Waals surface area contributed by atoms with Crippen LogP contribution in [0.25, 0.3) is 22.4 Å². The van der Waals surface area contributed by atoms with E-state index < -0.39 is 5.91 Å². The van der Waals surface area contributed by atoms with Crippen molar-refractivity contribution in [1.82, 2.24) is 4.57 Å². The molecule has 0 aliphatic heterocycles. The first-order valence-corrected chi connectivity index (χ1v) is 13.4. The first-order chi connectivity index (χ1) is 20.0. The summed E-state index contributed by atoms with van der Waals surface area (Å²) in [4.78, 5) is 18.6. The van der Waals surface area contributed by atoms with Crippen LogP contribution >= 0.6 is 0 Å². The molecule has 0 bridgehead atoms. The van der Waals surface area contributed by atoms with Crippen molar-refractivity contribution in [2.45, 2.75) is 20.4 Å². The smallest absolute Gasteiger partial charge is 0.266 e. The average molecular weight is 539 g/mol. The maximum absolute atomic E-state index is 13.2. The van der Waals surface area contributed by atoms with Crippen molar-refractivity contribution in [3.05, 3.63) is 138 Å². The van der Waals surface area contributed by atoms with Crippen molar-refractivity contribution in [3.63, 3.8) is 0 Å². The van der Waals surface area contributed by atoms with Crippen LogP contribution in [-0.2, 0) is 16.2 Å². The van der Waals surface area contributed by atoms with E-state index in [-0.39, 0.29) is 6.61 Å². The molecule has 0 atom stereocenters. The van der Waals surface area contributed by atoms with Crippen molar-refractivity contribution in [1.29, 1.82) is 5.26 Å². The lowest BCUT2D eigenvalue weighted by Crippen LogP contribution is -2.20. The number of carbonyl (C=O) groups excluding carboxylic acids is 1. The van der Waals surface area contributed by atoms with Gasteiger partial charge in [-0.25, -0.2) is 0 Å². The Hall–Kier alpha value is -5.41. The molecule has 1 amide bonds. The van der Waals surface area contributed by atoms with Crippen LogP contribution in [0.1, 0.15) is 29.2 Å². The summed E-state index contributed by atoms with van der Waals surface area (Å²) < 4.78 is 2.00. The van der Waals surface area contributed by atoms with Gasteiger partial charge in [0.15, 0.2) is 6.61 Å². The second-order valence-electron chi connectivity index (χ2n) is 9.73. The number of aromatic nitrogens is 1. The molecule has 4 aromatic carbocycles. The van der Waals surface area contributed by atoms with Crippen LogP contribution in [0.4, 0.5) is 5.82 Å². The number of aryl methyl sites for hydroxylation is 1. The van der Waals surface area contributed by atoms with Gasteiger partial charge >= 0.3 is 0 Å². The molecule has 5 aromatic rings. The number of amides is 1. The van der Waals surface area contributed by atoms with Gasteiger partial charge in [-0.3, -0.25) is 4.79 Å². The summed E-state index contributed by atoms with van der Waals surface area (Å²) in [5, 5.41) is 17.6. The lowest BCUT2D eigenvalue weighted by molar-refractivity contribution is -0.120. The minimum absolute atomic E-state index is 0.300. The van der Waals surface area contributed by atoms with Crippen LogP contribution in [-0.4, -0.2) is 22.8 Å². The number of benzene rings is 4. The van der Waals surface area contributed by atoms with Gasteiger partial charge in [-0.1, -0.05) is 126 Å². The topological polar surface area (TPSA) is 79.4 Å². The molecule has 0 saturated carbocycles. The number of anilines is 1. The molecule has 41 heavy (non-hydrogen) atoms. The molecular formula is C35H30N4O2. The van der Waals surface area contributed by atoms with E-state index in [1.165, 1.54) is 0 Å². The van der Waals surface area contributed by atoms with Gasteiger partial charge in [-0.15, -0.1) is 0 Å². The minimum atomic E-state index is -0.409. The first-order valence-electron chi connectivity index (χ1n) is 13.4. The van der Waals surface area contributed by atoms with E-state index in [9.17, 15) is 10.1 Å². The van der Waals surface area contributed by atoms with E-state index in [1.54, 1.807) is 0 Å². The predicted molar refractivity (Wildman–Crippen MR) is 164 cm³/mol. The third-order valence-electron chi connectivity index (χ3n) is 6.79. The highest BCUT2D eigenvalue weighted by atomic mass is 16.6. The average Bonchev–Trinajstić information content (AvgIpc) is 3.31. The predicted octanol–water partition coefficient (Wildman–Crippen LogP) is 7.43. The summed E-state index contributed by atoms with van der Waals surface area (Å²) in [7, 11) is 0. The molecule has 202 valence electrons. The molecule has 1 N–H and O–H groups in total. The van der Waals surface area contributed by atoms with Crippen LogP contribution in [0.2, 0.25) is 0 Å². The Bertz CT molecular complexity index is 1700. The Labute approximate surface area is 240 Å². The van der Waals surface area contributed by atoms with E-state index >= 15 is 0 Å². The number of carbonyl (C=O) groups is 1. The molecule has 5 rings (SSSR count). The number of hydrogen-bond acceptors (Lipinski definition) is 4. The molecule has 0 saturated heterocycles. The standard InChI is InChI=1S/C35H30N4O2/c1-25-18-20-28(21-19-25)26(2)38-41-24-32(40)37-35-31(22-36)33(29-14-8-4-9-15-29)34(30-16-10-5-11-17-30)39(35)23-27-12-6-3-7-13-27/h3-21H,23-24H2,1-2H3,(H,37,40). The van der Waals surface area contributed by atoms with Crippen molar-refractivity contribution < 1.29 is 9.63 Å². The summed E-state index contributed by atoms with van der Waals surface area (Å²) in [5.41, 5.74) is 7.60. The second-order valence-corrected chi connectivity index (χ2v) is 9.73. The number of nitrogens with one attached hydrogen (secondary N) is 1. The van der Waals surface area contributed by atoms with Gasteiger partial charge in [-0.05, 0) is 36.1 Å². The Morgan fingerprint density at radius 1 is 0.854 bits per heavy atom. The molecular weight excluding hydrogens is 508 g/mol. The van der Waals surface area contributed by atoms with Gasteiger partial charge in [0.1, 0.15) is 17.5 Å². The third-order valence-corrected chi connectivity index (χ3v) is 6.79. The number of nitrogens with zero attached hydrogens (tertiary/aromatic N) is 3. The van der Waals surface area contributed by atoms with Crippen LogP contribution < -0.4 is 5.32 Å².